The zero-order chi connectivity index (χ0) is 19.2. The molecule has 2 aromatic rings. The van der Waals surface area contributed by atoms with Crippen LogP contribution in [0.3, 0.4) is 0 Å². The van der Waals surface area contributed by atoms with Crippen LogP contribution in [-0.2, 0) is 0 Å². The summed E-state index contributed by atoms with van der Waals surface area (Å²) >= 11 is 1.67. The third-order valence-electron chi connectivity index (χ3n) is 4.94. The van der Waals surface area contributed by atoms with Crippen LogP contribution in [0.5, 0.6) is 0 Å². The zero-order valence-electron chi connectivity index (χ0n) is 15.8. The SMILES string of the molecule is CCN(CC)C(CNC(=O)c1ccc(N2CCNC2=O)cc1)c1ccsc1. The molecule has 1 saturated heterocycles. The first-order valence-electron chi connectivity index (χ1n) is 9.33. The predicted octanol–water partition coefficient (Wildman–Crippen LogP) is 3.09. The number of thiophene rings is 1. The van der Waals surface area contributed by atoms with Gasteiger partial charge in [0.25, 0.3) is 5.91 Å². The molecular formula is C20H26N4O2S. The molecule has 27 heavy (non-hydrogen) atoms. The Bertz CT molecular complexity index is 757. The Morgan fingerprint density at radius 2 is 2.00 bits per heavy atom. The number of anilines is 1. The van der Waals surface area contributed by atoms with Gasteiger partial charge in [0.2, 0.25) is 0 Å². The van der Waals surface area contributed by atoms with E-state index in [9.17, 15) is 9.59 Å². The molecule has 7 heteroatoms. The van der Waals surface area contributed by atoms with Gasteiger partial charge in [-0.3, -0.25) is 14.6 Å². The van der Waals surface area contributed by atoms with Gasteiger partial charge in [-0.15, -0.1) is 0 Å². The highest BCUT2D eigenvalue weighted by Crippen LogP contribution is 2.22. The Morgan fingerprint density at radius 3 is 2.56 bits per heavy atom. The summed E-state index contributed by atoms with van der Waals surface area (Å²) < 4.78 is 0. The fourth-order valence-corrected chi connectivity index (χ4v) is 4.10. The van der Waals surface area contributed by atoms with Crippen molar-refractivity contribution in [2.24, 2.45) is 0 Å². The Hall–Kier alpha value is -2.38. The van der Waals surface area contributed by atoms with Crippen LogP contribution in [-0.4, -0.2) is 49.6 Å². The van der Waals surface area contributed by atoms with E-state index in [1.165, 1.54) is 5.56 Å². The first-order valence-corrected chi connectivity index (χ1v) is 10.3. The van der Waals surface area contributed by atoms with E-state index in [4.69, 9.17) is 0 Å². The monoisotopic (exact) mass is 386 g/mol. The standard InChI is InChI=1S/C20H26N4O2S/c1-3-23(4-2)18(16-9-12-27-14-16)13-22-19(25)15-5-7-17(8-6-15)24-11-10-21-20(24)26/h5-9,12,14,18H,3-4,10-11,13H2,1-2H3,(H,21,26)(H,22,25). The van der Waals surface area contributed by atoms with Crippen molar-refractivity contribution < 1.29 is 9.59 Å². The molecule has 0 aliphatic carbocycles. The molecule has 0 saturated carbocycles. The highest BCUT2D eigenvalue weighted by atomic mass is 32.1. The van der Waals surface area contributed by atoms with E-state index < -0.39 is 0 Å². The van der Waals surface area contributed by atoms with Crippen molar-refractivity contribution in [1.29, 1.82) is 0 Å². The number of nitrogens with zero attached hydrogens (tertiary/aromatic N) is 2. The molecule has 1 aromatic carbocycles. The van der Waals surface area contributed by atoms with E-state index >= 15 is 0 Å². The average Bonchev–Trinajstić information content (AvgIpc) is 3.37. The van der Waals surface area contributed by atoms with Crippen LogP contribution in [0.1, 0.15) is 35.8 Å². The second kappa shape index (κ2) is 9.01. The van der Waals surface area contributed by atoms with Gasteiger partial charge in [0.15, 0.2) is 0 Å². The molecule has 3 rings (SSSR count). The average molecular weight is 387 g/mol. The molecule has 0 spiro atoms. The minimum absolute atomic E-state index is 0.0926. The summed E-state index contributed by atoms with van der Waals surface area (Å²) in [6.45, 7) is 8.00. The molecule has 0 radical (unpaired) electrons. The first kappa shape index (κ1) is 19.4. The van der Waals surface area contributed by atoms with E-state index in [1.54, 1.807) is 28.4 Å². The lowest BCUT2D eigenvalue weighted by atomic mass is 10.1. The van der Waals surface area contributed by atoms with Crippen molar-refractivity contribution >= 4 is 29.0 Å². The summed E-state index contributed by atoms with van der Waals surface area (Å²) in [6, 6.07) is 9.38. The van der Waals surface area contributed by atoms with Crippen molar-refractivity contribution in [3.8, 4) is 0 Å². The highest BCUT2D eigenvalue weighted by molar-refractivity contribution is 7.07. The van der Waals surface area contributed by atoms with Gasteiger partial charge in [-0.05, 0) is 59.7 Å². The maximum atomic E-state index is 12.6. The normalized spacial score (nSPS) is 15.1. The summed E-state index contributed by atoms with van der Waals surface area (Å²) in [4.78, 5) is 28.4. The number of benzene rings is 1. The van der Waals surface area contributed by atoms with Gasteiger partial charge in [-0.2, -0.15) is 11.3 Å². The van der Waals surface area contributed by atoms with Crippen LogP contribution in [0.25, 0.3) is 0 Å². The largest absolute Gasteiger partial charge is 0.350 e. The van der Waals surface area contributed by atoms with Crippen molar-refractivity contribution in [2.45, 2.75) is 19.9 Å². The quantitative estimate of drug-likeness (QED) is 0.733. The molecule has 6 nitrogen and oxygen atoms in total. The number of carbonyl (C=O) groups excluding carboxylic acids is 2. The van der Waals surface area contributed by atoms with E-state index in [-0.39, 0.29) is 18.0 Å². The molecule has 2 N–H and O–H groups in total. The lowest BCUT2D eigenvalue weighted by Crippen LogP contribution is -2.37. The van der Waals surface area contributed by atoms with Gasteiger partial charge >= 0.3 is 6.03 Å². The summed E-state index contributed by atoms with van der Waals surface area (Å²) in [7, 11) is 0. The van der Waals surface area contributed by atoms with E-state index in [2.05, 4.69) is 46.2 Å². The fraction of sp³-hybridized carbons (Fsp3) is 0.400. The van der Waals surface area contributed by atoms with Crippen molar-refractivity contribution in [3.05, 3.63) is 52.2 Å². The predicted molar refractivity (Wildman–Crippen MR) is 110 cm³/mol. The number of rotatable bonds is 8. The summed E-state index contributed by atoms with van der Waals surface area (Å²) in [5, 5.41) is 10.1. The minimum atomic E-state index is -0.0974. The van der Waals surface area contributed by atoms with Crippen molar-refractivity contribution in [1.82, 2.24) is 15.5 Å². The maximum absolute atomic E-state index is 12.6. The molecule has 0 bridgehead atoms. The fourth-order valence-electron chi connectivity index (χ4n) is 3.39. The topological polar surface area (TPSA) is 64.7 Å². The smallest absolute Gasteiger partial charge is 0.321 e. The van der Waals surface area contributed by atoms with E-state index in [0.29, 0.717) is 25.2 Å². The van der Waals surface area contributed by atoms with Crippen molar-refractivity contribution in [3.63, 3.8) is 0 Å². The third-order valence-corrected chi connectivity index (χ3v) is 5.64. The van der Waals surface area contributed by atoms with Gasteiger partial charge in [0.1, 0.15) is 0 Å². The van der Waals surface area contributed by atoms with Gasteiger partial charge < -0.3 is 10.6 Å². The molecule has 1 fully saturated rings. The summed E-state index contributed by atoms with van der Waals surface area (Å²) in [5.41, 5.74) is 2.64. The van der Waals surface area contributed by atoms with Crippen LogP contribution >= 0.6 is 11.3 Å². The second-order valence-corrected chi connectivity index (χ2v) is 7.21. The van der Waals surface area contributed by atoms with Gasteiger partial charge in [-0.25, -0.2) is 4.79 Å². The van der Waals surface area contributed by atoms with E-state index in [0.717, 1.165) is 18.8 Å². The Kier molecular flexibility index (Phi) is 6.47. The van der Waals surface area contributed by atoms with Crippen LogP contribution in [0.4, 0.5) is 10.5 Å². The number of nitrogens with one attached hydrogen (secondary N) is 2. The maximum Gasteiger partial charge on any atom is 0.321 e. The van der Waals surface area contributed by atoms with Gasteiger partial charge in [-0.1, -0.05) is 13.8 Å². The first-order chi connectivity index (χ1) is 13.1. The molecule has 144 valence electrons. The van der Waals surface area contributed by atoms with Gasteiger partial charge in [0, 0.05) is 30.9 Å². The summed E-state index contributed by atoms with van der Waals surface area (Å²) in [5.74, 6) is -0.0974. The van der Waals surface area contributed by atoms with Crippen LogP contribution in [0.2, 0.25) is 0 Å². The Labute approximate surface area is 164 Å². The zero-order valence-corrected chi connectivity index (χ0v) is 16.6. The molecule has 1 atom stereocenters. The molecule has 1 aliphatic heterocycles. The molecule has 1 aliphatic rings. The van der Waals surface area contributed by atoms with Crippen LogP contribution in [0, 0.1) is 0 Å². The number of hydrogen-bond donors (Lipinski definition) is 2. The van der Waals surface area contributed by atoms with Crippen LogP contribution < -0.4 is 15.5 Å². The lowest BCUT2D eigenvalue weighted by Gasteiger charge is -2.29. The molecule has 3 amide bonds. The second-order valence-electron chi connectivity index (χ2n) is 6.43. The Morgan fingerprint density at radius 1 is 1.26 bits per heavy atom. The lowest BCUT2D eigenvalue weighted by molar-refractivity contribution is 0.0935. The Balaban J connectivity index is 1.64. The van der Waals surface area contributed by atoms with Crippen molar-refractivity contribution in [2.75, 3.05) is 37.6 Å². The number of hydrogen-bond acceptors (Lipinski definition) is 4. The number of likely N-dealkylation sites (N-methyl/N-ethyl adjacent to an activating group) is 1. The van der Waals surface area contributed by atoms with E-state index in [1.807, 2.05) is 12.1 Å². The number of carbonyl (C=O) groups is 2. The number of amides is 3. The highest BCUT2D eigenvalue weighted by Gasteiger charge is 2.22. The number of urea groups is 1. The molecule has 1 unspecified atom stereocenters. The third kappa shape index (κ3) is 4.48. The molecular weight excluding hydrogens is 360 g/mol. The minimum Gasteiger partial charge on any atom is -0.350 e. The van der Waals surface area contributed by atoms with Gasteiger partial charge in [0.05, 0.1) is 6.04 Å². The molecule has 1 aromatic heterocycles. The summed E-state index contributed by atoms with van der Waals surface area (Å²) in [6.07, 6.45) is 0. The molecule has 2 heterocycles. The van der Waals surface area contributed by atoms with Crippen LogP contribution in [0.15, 0.2) is 41.1 Å².